The molecule has 1 atom stereocenters. The van der Waals surface area contributed by atoms with Gasteiger partial charge < -0.3 is 10.2 Å². The molecule has 1 N–H and O–H groups in total. The Bertz CT molecular complexity index is 856. The van der Waals surface area contributed by atoms with Crippen molar-refractivity contribution in [2.24, 2.45) is 0 Å². The van der Waals surface area contributed by atoms with E-state index in [4.69, 9.17) is 0 Å². The van der Waals surface area contributed by atoms with E-state index in [0.29, 0.717) is 31.7 Å². The Morgan fingerprint density at radius 2 is 1.68 bits per heavy atom. The number of amides is 2. The largest absolute Gasteiger partial charge is 0.343 e. The van der Waals surface area contributed by atoms with Crippen LogP contribution in [-0.2, 0) is 4.79 Å². The normalized spacial score (nSPS) is 15.5. The summed E-state index contributed by atoms with van der Waals surface area (Å²) in [6.07, 6.45) is 0. The Labute approximate surface area is 172 Å². The third-order valence-electron chi connectivity index (χ3n) is 4.78. The van der Waals surface area contributed by atoms with Gasteiger partial charge in [-0.3, -0.25) is 14.5 Å². The lowest BCUT2D eigenvalue weighted by molar-refractivity contribution is -0.132. The zero-order chi connectivity index (χ0) is 19.9. The lowest BCUT2D eigenvalue weighted by Crippen LogP contribution is -2.51. The first-order chi connectivity index (χ1) is 13.6. The summed E-state index contributed by atoms with van der Waals surface area (Å²) in [6, 6.07) is 18.7. The minimum Gasteiger partial charge on any atom is -0.343 e. The average molecular weight is 441 g/mol. The summed E-state index contributed by atoms with van der Waals surface area (Å²) in [7, 11) is 0. The van der Waals surface area contributed by atoms with Crippen LogP contribution in [0.15, 0.2) is 59.1 Å². The number of carbonyl (C=O) groups excluding carboxylic acids is 2. The van der Waals surface area contributed by atoms with Gasteiger partial charge in [0.05, 0.1) is 12.6 Å². The lowest BCUT2D eigenvalue weighted by atomic mass is 10.1. The quantitative estimate of drug-likeness (QED) is 0.774. The molecule has 2 aromatic carbocycles. The van der Waals surface area contributed by atoms with Crippen molar-refractivity contribution < 1.29 is 9.59 Å². The minimum absolute atomic E-state index is 0.0325. The summed E-state index contributed by atoms with van der Waals surface area (Å²) in [4.78, 5) is 28.4. The van der Waals surface area contributed by atoms with Gasteiger partial charge in [-0.2, -0.15) is 5.26 Å². The van der Waals surface area contributed by atoms with E-state index >= 15 is 0 Å². The van der Waals surface area contributed by atoms with Gasteiger partial charge in [0.2, 0.25) is 5.91 Å². The second-order valence-electron chi connectivity index (χ2n) is 6.55. The van der Waals surface area contributed by atoms with E-state index in [1.165, 1.54) is 0 Å². The summed E-state index contributed by atoms with van der Waals surface area (Å²) in [5.74, 6) is -0.383. The Balaban J connectivity index is 1.49. The molecule has 2 amide bonds. The zero-order valence-corrected chi connectivity index (χ0v) is 16.9. The lowest BCUT2D eigenvalue weighted by Gasteiger charge is -2.37. The van der Waals surface area contributed by atoms with Gasteiger partial charge in [0, 0.05) is 36.2 Å². The van der Waals surface area contributed by atoms with Crippen LogP contribution in [0.4, 0.5) is 0 Å². The van der Waals surface area contributed by atoms with Crippen LogP contribution in [0.25, 0.3) is 0 Å². The summed E-state index contributed by atoms with van der Waals surface area (Å²) >= 11 is 3.33. The number of hydrogen-bond acceptors (Lipinski definition) is 4. The van der Waals surface area contributed by atoms with E-state index in [2.05, 4.69) is 32.2 Å². The van der Waals surface area contributed by atoms with Crippen molar-refractivity contribution in [1.82, 2.24) is 15.1 Å². The summed E-state index contributed by atoms with van der Waals surface area (Å²) in [6.45, 7) is 2.30. The maximum absolute atomic E-state index is 12.4. The van der Waals surface area contributed by atoms with Crippen molar-refractivity contribution in [3.63, 3.8) is 0 Å². The van der Waals surface area contributed by atoms with E-state index in [9.17, 15) is 14.9 Å². The third kappa shape index (κ3) is 4.97. The number of rotatable bonds is 5. The van der Waals surface area contributed by atoms with E-state index in [-0.39, 0.29) is 24.4 Å². The summed E-state index contributed by atoms with van der Waals surface area (Å²) < 4.78 is 0.893. The van der Waals surface area contributed by atoms with Crippen molar-refractivity contribution in [2.75, 3.05) is 32.7 Å². The highest BCUT2D eigenvalue weighted by atomic mass is 79.9. The number of halogens is 1. The molecule has 0 aliphatic carbocycles. The second kappa shape index (κ2) is 9.49. The molecule has 1 saturated heterocycles. The van der Waals surface area contributed by atoms with Crippen LogP contribution in [0.1, 0.15) is 22.0 Å². The van der Waals surface area contributed by atoms with Crippen LogP contribution < -0.4 is 5.32 Å². The van der Waals surface area contributed by atoms with Crippen molar-refractivity contribution in [2.45, 2.75) is 6.04 Å². The molecule has 2 aromatic rings. The van der Waals surface area contributed by atoms with Crippen LogP contribution in [0, 0.1) is 11.3 Å². The molecule has 1 heterocycles. The molecule has 0 spiro atoms. The number of carbonyl (C=O) groups is 2. The Kier molecular flexibility index (Phi) is 6.80. The maximum atomic E-state index is 12.4. The number of hydrogen-bond donors (Lipinski definition) is 1. The van der Waals surface area contributed by atoms with E-state index in [0.717, 1.165) is 10.0 Å². The number of piperazine rings is 1. The topological polar surface area (TPSA) is 76.4 Å². The van der Waals surface area contributed by atoms with Gasteiger partial charge >= 0.3 is 0 Å². The standard InChI is InChI=1S/C21H21BrN4O2/c22-18-8-6-17(7-9-18)21(28)24-15-20(27)26-12-10-25(11-13-26)19(14-23)16-4-2-1-3-5-16/h1-9,19H,10-13,15H2,(H,24,28). The SMILES string of the molecule is N#CC(c1ccccc1)N1CCN(C(=O)CNC(=O)c2ccc(Br)cc2)CC1. The predicted octanol–water partition coefficient (Wildman–Crippen LogP) is 2.59. The van der Waals surface area contributed by atoms with Crippen molar-refractivity contribution >= 4 is 27.7 Å². The molecule has 1 unspecified atom stereocenters. The maximum Gasteiger partial charge on any atom is 0.251 e. The van der Waals surface area contributed by atoms with E-state index in [1.54, 1.807) is 29.2 Å². The van der Waals surface area contributed by atoms with Crippen LogP contribution in [0.3, 0.4) is 0 Å². The van der Waals surface area contributed by atoms with Crippen LogP contribution in [-0.4, -0.2) is 54.3 Å². The monoisotopic (exact) mass is 440 g/mol. The van der Waals surface area contributed by atoms with Crippen molar-refractivity contribution in [3.05, 3.63) is 70.2 Å². The molecule has 0 bridgehead atoms. The third-order valence-corrected chi connectivity index (χ3v) is 5.30. The zero-order valence-electron chi connectivity index (χ0n) is 15.3. The molecular weight excluding hydrogens is 420 g/mol. The molecule has 1 aliphatic rings. The van der Waals surface area contributed by atoms with Gasteiger partial charge in [-0.15, -0.1) is 0 Å². The smallest absolute Gasteiger partial charge is 0.251 e. The molecule has 7 heteroatoms. The summed E-state index contributed by atoms with van der Waals surface area (Å²) in [5.41, 5.74) is 1.48. The first kappa shape index (κ1) is 20.1. The molecule has 28 heavy (non-hydrogen) atoms. The molecule has 0 radical (unpaired) electrons. The molecule has 1 fully saturated rings. The van der Waals surface area contributed by atoms with Gasteiger partial charge in [-0.25, -0.2) is 0 Å². The van der Waals surface area contributed by atoms with Gasteiger partial charge in [0.15, 0.2) is 0 Å². The molecular formula is C21H21BrN4O2. The first-order valence-electron chi connectivity index (χ1n) is 9.08. The van der Waals surface area contributed by atoms with Gasteiger partial charge in [0.25, 0.3) is 5.91 Å². The molecule has 6 nitrogen and oxygen atoms in total. The average Bonchev–Trinajstić information content (AvgIpc) is 2.74. The van der Waals surface area contributed by atoms with Crippen molar-refractivity contribution in [1.29, 1.82) is 5.26 Å². The number of nitrogens with zero attached hydrogens (tertiary/aromatic N) is 3. The predicted molar refractivity (Wildman–Crippen MR) is 109 cm³/mol. The highest BCUT2D eigenvalue weighted by molar-refractivity contribution is 9.10. The molecule has 0 aromatic heterocycles. The Morgan fingerprint density at radius 1 is 1.04 bits per heavy atom. The second-order valence-corrected chi connectivity index (χ2v) is 7.46. The van der Waals surface area contributed by atoms with E-state index in [1.807, 2.05) is 30.3 Å². The van der Waals surface area contributed by atoms with Crippen molar-refractivity contribution in [3.8, 4) is 6.07 Å². The van der Waals surface area contributed by atoms with Gasteiger partial charge in [0.1, 0.15) is 6.04 Å². The van der Waals surface area contributed by atoms with Crippen LogP contribution >= 0.6 is 15.9 Å². The number of nitriles is 1. The highest BCUT2D eigenvalue weighted by Crippen LogP contribution is 2.21. The fraction of sp³-hybridized carbons (Fsp3) is 0.286. The molecule has 1 aliphatic heterocycles. The Morgan fingerprint density at radius 3 is 2.29 bits per heavy atom. The van der Waals surface area contributed by atoms with Gasteiger partial charge in [-0.1, -0.05) is 46.3 Å². The van der Waals surface area contributed by atoms with Crippen LogP contribution in [0.2, 0.25) is 0 Å². The first-order valence-corrected chi connectivity index (χ1v) is 9.88. The van der Waals surface area contributed by atoms with Crippen LogP contribution in [0.5, 0.6) is 0 Å². The Hall–Kier alpha value is -2.69. The number of benzene rings is 2. The molecule has 0 saturated carbocycles. The summed E-state index contributed by atoms with van der Waals surface area (Å²) in [5, 5.41) is 12.2. The fourth-order valence-corrected chi connectivity index (χ4v) is 3.47. The highest BCUT2D eigenvalue weighted by Gasteiger charge is 2.27. The minimum atomic E-state index is -0.310. The molecule has 144 valence electrons. The molecule has 3 rings (SSSR count). The number of nitrogens with one attached hydrogen (secondary N) is 1. The fourth-order valence-electron chi connectivity index (χ4n) is 3.20. The van der Waals surface area contributed by atoms with E-state index < -0.39 is 0 Å². The van der Waals surface area contributed by atoms with Gasteiger partial charge in [-0.05, 0) is 29.8 Å².